The van der Waals surface area contributed by atoms with Crippen LogP contribution in [-0.2, 0) is 6.42 Å². The Labute approximate surface area is 237 Å². The zero-order chi connectivity index (χ0) is 26.4. The van der Waals surface area contributed by atoms with Crippen molar-refractivity contribution < 1.29 is 9.47 Å². The number of aryl methyl sites for hydroxylation is 1. The molecule has 0 saturated carbocycles. The van der Waals surface area contributed by atoms with Gasteiger partial charge in [0.15, 0.2) is 0 Å². The fraction of sp³-hybridized carbons (Fsp3) is 0.412. The Hall–Kier alpha value is -2.86. The summed E-state index contributed by atoms with van der Waals surface area (Å²) in [6.45, 7) is 10.6. The molecule has 0 bridgehead atoms. The Balaban J connectivity index is 1.15. The summed E-state index contributed by atoms with van der Waals surface area (Å²) in [5.74, 6) is 1.92. The first-order valence-corrected chi connectivity index (χ1v) is 15.4. The smallest absolute Gasteiger partial charge is 0.119 e. The SMILES string of the molecule is Cc1ccc2sc(-c3ccc(OCCN4CCCC4)cc3)c(Cc3ccc(OCCN4CCCC4)cc3)c2c1. The number of hydrogen-bond donors (Lipinski definition) is 0. The average molecular weight is 541 g/mol. The van der Waals surface area contributed by atoms with Crippen LogP contribution in [0.2, 0.25) is 0 Å². The van der Waals surface area contributed by atoms with E-state index in [9.17, 15) is 0 Å². The van der Waals surface area contributed by atoms with E-state index in [0.717, 1.165) is 44.2 Å². The summed E-state index contributed by atoms with van der Waals surface area (Å²) in [5.41, 5.74) is 5.28. The van der Waals surface area contributed by atoms with E-state index in [1.807, 2.05) is 11.3 Å². The standard InChI is InChI=1S/C34H40N2O2S/c1-26-6-15-33-31(24-26)32(25-27-7-11-29(12-8-27)37-22-20-35-16-2-3-17-35)34(39-33)28-9-13-30(14-10-28)38-23-21-36-18-4-5-19-36/h6-15,24H,2-5,16-23,25H2,1H3. The van der Waals surface area contributed by atoms with Crippen molar-refractivity contribution in [1.82, 2.24) is 9.80 Å². The van der Waals surface area contributed by atoms with Gasteiger partial charge in [-0.2, -0.15) is 0 Å². The molecule has 39 heavy (non-hydrogen) atoms. The van der Waals surface area contributed by atoms with E-state index in [2.05, 4.69) is 83.5 Å². The van der Waals surface area contributed by atoms with Gasteiger partial charge < -0.3 is 9.47 Å². The average Bonchev–Trinajstić information content (AvgIpc) is 3.73. The van der Waals surface area contributed by atoms with Gasteiger partial charge in [-0.1, -0.05) is 29.8 Å². The molecule has 4 aromatic rings. The number of likely N-dealkylation sites (tertiary alicyclic amines) is 2. The summed E-state index contributed by atoms with van der Waals surface area (Å²) in [7, 11) is 0. The number of ether oxygens (including phenoxy) is 2. The van der Waals surface area contributed by atoms with Crippen LogP contribution in [0, 0.1) is 6.92 Å². The third kappa shape index (κ3) is 6.66. The van der Waals surface area contributed by atoms with E-state index in [0.29, 0.717) is 0 Å². The minimum absolute atomic E-state index is 0.755. The van der Waals surface area contributed by atoms with Crippen molar-refractivity contribution in [1.29, 1.82) is 0 Å². The Morgan fingerprint density at radius 1 is 0.692 bits per heavy atom. The van der Waals surface area contributed by atoms with Gasteiger partial charge in [0.2, 0.25) is 0 Å². The van der Waals surface area contributed by atoms with Gasteiger partial charge >= 0.3 is 0 Å². The van der Waals surface area contributed by atoms with Crippen molar-refractivity contribution in [2.45, 2.75) is 39.0 Å². The molecule has 2 aliphatic rings. The zero-order valence-electron chi connectivity index (χ0n) is 23.2. The lowest BCUT2D eigenvalue weighted by atomic mass is 9.98. The third-order valence-electron chi connectivity index (χ3n) is 8.12. The fourth-order valence-electron chi connectivity index (χ4n) is 5.88. The van der Waals surface area contributed by atoms with E-state index < -0.39 is 0 Å². The van der Waals surface area contributed by atoms with E-state index in [4.69, 9.17) is 9.47 Å². The maximum atomic E-state index is 6.07. The predicted molar refractivity (Wildman–Crippen MR) is 164 cm³/mol. The van der Waals surface area contributed by atoms with Gasteiger partial charge in [-0.15, -0.1) is 11.3 Å². The fourth-order valence-corrected chi connectivity index (χ4v) is 7.09. The van der Waals surface area contributed by atoms with Crippen LogP contribution in [0.5, 0.6) is 11.5 Å². The summed E-state index contributed by atoms with van der Waals surface area (Å²) in [6.07, 6.45) is 6.19. The molecule has 1 aromatic heterocycles. The summed E-state index contributed by atoms with van der Waals surface area (Å²) in [4.78, 5) is 6.34. The molecule has 0 N–H and O–H groups in total. The molecule has 5 heteroatoms. The molecule has 0 unspecified atom stereocenters. The molecule has 2 fully saturated rings. The molecule has 2 aliphatic heterocycles. The van der Waals surface area contributed by atoms with Gasteiger partial charge in [0.05, 0.1) is 0 Å². The number of hydrogen-bond acceptors (Lipinski definition) is 5. The van der Waals surface area contributed by atoms with Gasteiger partial charge in [-0.05, 0) is 130 Å². The van der Waals surface area contributed by atoms with Crippen LogP contribution in [0.15, 0.2) is 66.7 Å². The first-order chi connectivity index (χ1) is 19.2. The van der Waals surface area contributed by atoms with Crippen LogP contribution in [0.4, 0.5) is 0 Å². The van der Waals surface area contributed by atoms with E-state index in [1.165, 1.54) is 89.1 Å². The van der Waals surface area contributed by atoms with E-state index in [-0.39, 0.29) is 0 Å². The van der Waals surface area contributed by atoms with Crippen LogP contribution >= 0.6 is 11.3 Å². The van der Waals surface area contributed by atoms with Crippen molar-refractivity contribution >= 4 is 21.4 Å². The first kappa shape index (κ1) is 26.4. The number of benzene rings is 3. The second-order valence-corrected chi connectivity index (χ2v) is 12.1. The van der Waals surface area contributed by atoms with E-state index in [1.54, 1.807) is 0 Å². The molecule has 2 saturated heterocycles. The Morgan fingerprint density at radius 3 is 1.85 bits per heavy atom. The molecule has 0 aliphatic carbocycles. The van der Waals surface area contributed by atoms with Crippen molar-refractivity contribution in [2.24, 2.45) is 0 Å². The second kappa shape index (κ2) is 12.5. The number of nitrogens with zero attached hydrogens (tertiary/aromatic N) is 2. The number of fused-ring (bicyclic) bond motifs is 1. The van der Waals surface area contributed by atoms with Gasteiger partial charge in [-0.25, -0.2) is 0 Å². The van der Waals surface area contributed by atoms with Crippen LogP contribution in [-0.4, -0.2) is 62.3 Å². The maximum Gasteiger partial charge on any atom is 0.119 e. The van der Waals surface area contributed by atoms with Crippen molar-refractivity contribution in [2.75, 3.05) is 52.5 Å². The zero-order valence-corrected chi connectivity index (χ0v) is 24.0. The van der Waals surface area contributed by atoms with Gasteiger partial charge in [0, 0.05) is 22.7 Å². The van der Waals surface area contributed by atoms with Crippen LogP contribution < -0.4 is 9.47 Å². The molecule has 6 rings (SSSR count). The molecule has 3 aromatic carbocycles. The predicted octanol–water partition coefficient (Wildman–Crippen LogP) is 7.42. The molecule has 4 nitrogen and oxygen atoms in total. The Kier molecular flexibility index (Phi) is 8.48. The Bertz CT molecular complexity index is 1350. The normalized spacial score (nSPS) is 16.3. The maximum absolute atomic E-state index is 6.07. The third-order valence-corrected chi connectivity index (χ3v) is 9.38. The van der Waals surface area contributed by atoms with Crippen molar-refractivity contribution in [3.05, 3.63) is 83.4 Å². The highest BCUT2D eigenvalue weighted by atomic mass is 32.1. The van der Waals surface area contributed by atoms with Gasteiger partial charge in [0.1, 0.15) is 24.7 Å². The molecule has 0 atom stereocenters. The lowest BCUT2D eigenvalue weighted by Gasteiger charge is -2.15. The highest BCUT2D eigenvalue weighted by Crippen LogP contribution is 2.41. The highest BCUT2D eigenvalue weighted by Gasteiger charge is 2.16. The summed E-state index contributed by atoms with van der Waals surface area (Å²) >= 11 is 1.89. The summed E-state index contributed by atoms with van der Waals surface area (Å²) < 4.78 is 13.5. The monoisotopic (exact) mass is 540 g/mol. The minimum atomic E-state index is 0.755. The van der Waals surface area contributed by atoms with Crippen molar-refractivity contribution in [3.63, 3.8) is 0 Å². The molecule has 3 heterocycles. The summed E-state index contributed by atoms with van der Waals surface area (Å²) in [5, 5.41) is 1.37. The highest BCUT2D eigenvalue weighted by molar-refractivity contribution is 7.22. The molecule has 0 spiro atoms. The van der Waals surface area contributed by atoms with Crippen LogP contribution in [0.1, 0.15) is 42.4 Å². The minimum Gasteiger partial charge on any atom is -0.492 e. The summed E-state index contributed by atoms with van der Waals surface area (Å²) in [6, 6.07) is 24.3. The van der Waals surface area contributed by atoms with Crippen LogP contribution in [0.25, 0.3) is 20.5 Å². The largest absolute Gasteiger partial charge is 0.492 e. The van der Waals surface area contributed by atoms with Crippen LogP contribution in [0.3, 0.4) is 0 Å². The lowest BCUT2D eigenvalue weighted by Crippen LogP contribution is -2.25. The molecule has 0 radical (unpaired) electrons. The molecule has 204 valence electrons. The first-order valence-electron chi connectivity index (χ1n) is 14.6. The van der Waals surface area contributed by atoms with Crippen molar-refractivity contribution in [3.8, 4) is 21.9 Å². The number of thiophene rings is 1. The quantitative estimate of drug-likeness (QED) is 0.198. The molecule has 0 amide bonds. The Morgan fingerprint density at radius 2 is 1.26 bits per heavy atom. The topological polar surface area (TPSA) is 24.9 Å². The molecular formula is C34H40N2O2S. The molecular weight excluding hydrogens is 500 g/mol. The number of rotatable bonds is 11. The second-order valence-electron chi connectivity index (χ2n) is 11.0. The van der Waals surface area contributed by atoms with E-state index >= 15 is 0 Å². The lowest BCUT2D eigenvalue weighted by molar-refractivity contribution is 0.237. The van der Waals surface area contributed by atoms with Gasteiger partial charge in [-0.3, -0.25) is 9.80 Å². The van der Waals surface area contributed by atoms with Gasteiger partial charge in [0.25, 0.3) is 0 Å².